The molecule has 0 aliphatic carbocycles. The van der Waals surface area contributed by atoms with Gasteiger partial charge < -0.3 is 15.5 Å². The molecule has 1 atom stereocenters. The standard InChI is InChI=1S/C13H25N3O2/c1-4-14-11-6-5-8-16(13(11)18)9-7-12(17)15-10(2)3/h10-11,14H,4-9H2,1-3H3,(H,15,17). The zero-order chi connectivity index (χ0) is 13.5. The molecule has 0 aromatic heterocycles. The number of carbonyl (C=O) groups is 2. The molecule has 0 saturated carbocycles. The average molecular weight is 255 g/mol. The molecular formula is C13H25N3O2. The fourth-order valence-electron chi connectivity index (χ4n) is 2.23. The SMILES string of the molecule is CCNC1CCCN(CCC(=O)NC(C)C)C1=O. The van der Waals surface area contributed by atoms with E-state index in [2.05, 4.69) is 10.6 Å². The van der Waals surface area contributed by atoms with Crippen LogP contribution in [0.15, 0.2) is 0 Å². The summed E-state index contributed by atoms with van der Waals surface area (Å²) in [4.78, 5) is 25.4. The van der Waals surface area contributed by atoms with E-state index in [1.165, 1.54) is 0 Å². The molecule has 0 aromatic carbocycles. The number of hydrogen-bond acceptors (Lipinski definition) is 3. The Morgan fingerprint density at radius 1 is 1.50 bits per heavy atom. The number of likely N-dealkylation sites (tertiary alicyclic amines) is 1. The van der Waals surface area contributed by atoms with E-state index in [9.17, 15) is 9.59 Å². The van der Waals surface area contributed by atoms with Gasteiger partial charge in [0.25, 0.3) is 0 Å². The summed E-state index contributed by atoms with van der Waals surface area (Å²) in [5, 5.41) is 6.03. The van der Waals surface area contributed by atoms with E-state index in [0.717, 1.165) is 25.9 Å². The van der Waals surface area contributed by atoms with Gasteiger partial charge in [0.05, 0.1) is 6.04 Å². The average Bonchev–Trinajstić information content (AvgIpc) is 2.29. The lowest BCUT2D eigenvalue weighted by Gasteiger charge is -2.32. The van der Waals surface area contributed by atoms with Crippen molar-refractivity contribution in [3.8, 4) is 0 Å². The molecule has 104 valence electrons. The van der Waals surface area contributed by atoms with E-state index >= 15 is 0 Å². The zero-order valence-electron chi connectivity index (χ0n) is 11.7. The molecule has 5 heteroatoms. The quantitative estimate of drug-likeness (QED) is 0.726. The molecular weight excluding hydrogens is 230 g/mol. The fraction of sp³-hybridized carbons (Fsp3) is 0.846. The van der Waals surface area contributed by atoms with Gasteiger partial charge in [0.1, 0.15) is 0 Å². The lowest BCUT2D eigenvalue weighted by Crippen LogP contribution is -2.51. The highest BCUT2D eigenvalue weighted by molar-refractivity contribution is 5.83. The Morgan fingerprint density at radius 3 is 2.83 bits per heavy atom. The number of nitrogens with one attached hydrogen (secondary N) is 2. The molecule has 0 spiro atoms. The van der Waals surface area contributed by atoms with Crippen LogP contribution in [-0.2, 0) is 9.59 Å². The highest BCUT2D eigenvalue weighted by Gasteiger charge is 2.27. The van der Waals surface area contributed by atoms with Crippen LogP contribution in [0.1, 0.15) is 40.0 Å². The van der Waals surface area contributed by atoms with E-state index in [1.54, 1.807) is 4.90 Å². The first-order chi connectivity index (χ1) is 8.54. The molecule has 1 unspecified atom stereocenters. The van der Waals surface area contributed by atoms with Gasteiger partial charge in [-0.25, -0.2) is 0 Å². The first-order valence-corrected chi connectivity index (χ1v) is 6.86. The number of piperidine rings is 1. The lowest BCUT2D eigenvalue weighted by atomic mass is 10.0. The van der Waals surface area contributed by atoms with Crippen molar-refractivity contribution < 1.29 is 9.59 Å². The Kier molecular flexibility index (Phi) is 6.12. The summed E-state index contributed by atoms with van der Waals surface area (Å²) in [6.45, 7) is 7.98. The molecule has 5 nitrogen and oxygen atoms in total. The van der Waals surface area contributed by atoms with Crippen LogP contribution in [0.3, 0.4) is 0 Å². The van der Waals surface area contributed by atoms with Gasteiger partial charge in [-0.3, -0.25) is 9.59 Å². The highest BCUT2D eigenvalue weighted by atomic mass is 16.2. The summed E-state index contributed by atoms with van der Waals surface area (Å²) in [7, 11) is 0. The monoisotopic (exact) mass is 255 g/mol. The van der Waals surface area contributed by atoms with Gasteiger partial charge in [-0.1, -0.05) is 6.92 Å². The van der Waals surface area contributed by atoms with Crippen LogP contribution in [0.4, 0.5) is 0 Å². The molecule has 2 N–H and O–H groups in total. The number of likely N-dealkylation sites (N-methyl/N-ethyl adjacent to an activating group) is 1. The van der Waals surface area contributed by atoms with Gasteiger partial charge in [0, 0.05) is 25.6 Å². The van der Waals surface area contributed by atoms with Crippen molar-refractivity contribution in [1.82, 2.24) is 15.5 Å². The summed E-state index contributed by atoms with van der Waals surface area (Å²) >= 11 is 0. The third-order valence-electron chi connectivity index (χ3n) is 3.04. The van der Waals surface area contributed by atoms with E-state index in [1.807, 2.05) is 20.8 Å². The van der Waals surface area contributed by atoms with Crippen molar-refractivity contribution in [2.24, 2.45) is 0 Å². The smallest absolute Gasteiger partial charge is 0.239 e. The molecule has 18 heavy (non-hydrogen) atoms. The summed E-state index contributed by atoms with van der Waals surface area (Å²) in [6.07, 6.45) is 2.30. The molecule has 1 rings (SSSR count). The summed E-state index contributed by atoms with van der Waals surface area (Å²) in [6, 6.07) is 0.0981. The number of amides is 2. The van der Waals surface area contributed by atoms with Crippen LogP contribution in [0, 0.1) is 0 Å². The Hall–Kier alpha value is -1.10. The van der Waals surface area contributed by atoms with Crippen molar-refractivity contribution in [3.05, 3.63) is 0 Å². The van der Waals surface area contributed by atoms with Crippen molar-refractivity contribution in [3.63, 3.8) is 0 Å². The minimum Gasteiger partial charge on any atom is -0.354 e. The predicted molar refractivity (Wildman–Crippen MR) is 71.2 cm³/mol. The normalized spacial score (nSPS) is 20.3. The van der Waals surface area contributed by atoms with Gasteiger partial charge >= 0.3 is 0 Å². The van der Waals surface area contributed by atoms with Gasteiger partial charge in [-0.15, -0.1) is 0 Å². The Morgan fingerprint density at radius 2 is 2.22 bits per heavy atom. The Balaban J connectivity index is 2.37. The molecule has 1 fully saturated rings. The molecule has 0 bridgehead atoms. The van der Waals surface area contributed by atoms with Crippen molar-refractivity contribution in [1.29, 1.82) is 0 Å². The summed E-state index contributed by atoms with van der Waals surface area (Å²) in [5.41, 5.74) is 0. The maximum atomic E-state index is 12.1. The molecule has 1 aliphatic heterocycles. The summed E-state index contributed by atoms with van der Waals surface area (Å²) in [5.74, 6) is 0.156. The van der Waals surface area contributed by atoms with Gasteiger partial charge in [0.15, 0.2) is 0 Å². The number of nitrogens with zero attached hydrogens (tertiary/aromatic N) is 1. The van der Waals surface area contributed by atoms with Crippen LogP contribution in [0.25, 0.3) is 0 Å². The second-order valence-corrected chi connectivity index (χ2v) is 5.05. The van der Waals surface area contributed by atoms with Crippen LogP contribution in [-0.4, -0.2) is 48.4 Å². The first-order valence-electron chi connectivity index (χ1n) is 6.86. The number of rotatable bonds is 6. The van der Waals surface area contributed by atoms with Gasteiger partial charge in [-0.05, 0) is 33.2 Å². The molecule has 1 heterocycles. The van der Waals surface area contributed by atoms with Gasteiger partial charge in [-0.2, -0.15) is 0 Å². The third kappa shape index (κ3) is 4.64. The van der Waals surface area contributed by atoms with Crippen LogP contribution in [0.2, 0.25) is 0 Å². The summed E-state index contributed by atoms with van der Waals surface area (Å²) < 4.78 is 0. The number of hydrogen-bond donors (Lipinski definition) is 2. The van der Waals surface area contributed by atoms with Crippen LogP contribution in [0.5, 0.6) is 0 Å². The largest absolute Gasteiger partial charge is 0.354 e. The number of carbonyl (C=O) groups excluding carboxylic acids is 2. The van der Waals surface area contributed by atoms with Crippen molar-refractivity contribution >= 4 is 11.8 Å². The van der Waals surface area contributed by atoms with Crippen molar-refractivity contribution in [2.75, 3.05) is 19.6 Å². The fourth-order valence-corrected chi connectivity index (χ4v) is 2.23. The maximum Gasteiger partial charge on any atom is 0.239 e. The molecule has 0 aromatic rings. The second-order valence-electron chi connectivity index (χ2n) is 5.05. The van der Waals surface area contributed by atoms with E-state index in [-0.39, 0.29) is 23.9 Å². The predicted octanol–water partition coefficient (Wildman–Crippen LogP) is 0.502. The first kappa shape index (κ1) is 15.0. The van der Waals surface area contributed by atoms with Crippen LogP contribution >= 0.6 is 0 Å². The minimum absolute atomic E-state index is 0.0170. The zero-order valence-corrected chi connectivity index (χ0v) is 11.7. The van der Waals surface area contributed by atoms with Gasteiger partial charge in [0.2, 0.25) is 11.8 Å². The lowest BCUT2D eigenvalue weighted by molar-refractivity contribution is -0.136. The molecule has 0 radical (unpaired) electrons. The van der Waals surface area contributed by atoms with E-state index in [0.29, 0.717) is 13.0 Å². The molecule has 1 saturated heterocycles. The van der Waals surface area contributed by atoms with Crippen molar-refractivity contribution in [2.45, 2.75) is 52.1 Å². The third-order valence-corrected chi connectivity index (χ3v) is 3.04. The topological polar surface area (TPSA) is 61.4 Å². The molecule has 2 amide bonds. The maximum absolute atomic E-state index is 12.1. The minimum atomic E-state index is -0.0584. The van der Waals surface area contributed by atoms with E-state index < -0.39 is 0 Å². The highest BCUT2D eigenvalue weighted by Crippen LogP contribution is 2.12. The second kappa shape index (κ2) is 7.36. The van der Waals surface area contributed by atoms with E-state index in [4.69, 9.17) is 0 Å². The Labute approximate surface area is 109 Å². The Bertz CT molecular complexity index is 290. The van der Waals surface area contributed by atoms with Crippen LogP contribution < -0.4 is 10.6 Å². The molecule has 1 aliphatic rings.